The van der Waals surface area contributed by atoms with Gasteiger partial charge in [0, 0.05) is 51.1 Å². The molecule has 0 aliphatic carbocycles. The molecule has 4 heterocycles. The summed E-state index contributed by atoms with van der Waals surface area (Å²) in [7, 11) is 1.59. The van der Waals surface area contributed by atoms with Crippen molar-refractivity contribution in [2.24, 2.45) is 0 Å². The van der Waals surface area contributed by atoms with E-state index in [1.165, 1.54) is 29.6 Å². The fourth-order valence-electron chi connectivity index (χ4n) is 5.07. The Morgan fingerprint density at radius 2 is 1.88 bits per heavy atom. The second-order valence-electron chi connectivity index (χ2n) is 10.5. The van der Waals surface area contributed by atoms with Gasteiger partial charge in [-0.15, -0.1) is 0 Å². The van der Waals surface area contributed by atoms with E-state index in [9.17, 15) is 4.79 Å². The number of halogens is 2. The fraction of sp³-hybridized carbons (Fsp3) is 0.414. The normalized spacial score (nSPS) is 14.0. The van der Waals surface area contributed by atoms with Crippen molar-refractivity contribution in [1.82, 2.24) is 29.4 Å². The Labute approximate surface area is 242 Å². The molecule has 0 spiro atoms. The van der Waals surface area contributed by atoms with Crippen LogP contribution in [0.1, 0.15) is 49.5 Å². The number of ether oxygens (including phenoxy) is 1. The summed E-state index contributed by atoms with van der Waals surface area (Å²) in [4.78, 5) is 33.5. The highest BCUT2D eigenvalue weighted by Crippen LogP contribution is 2.33. The predicted octanol–water partition coefficient (Wildman–Crippen LogP) is 4.33. The van der Waals surface area contributed by atoms with Crippen LogP contribution in [-0.4, -0.2) is 79.8 Å². The summed E-state index contributed by atoms with van der Waals surface area (Å²) in [6.45, 7) is 5.55. The zero-order valence-corrected chi connectivity index (χ0v) is 23.8. The van der Waals surface area contributed by atoms with Gasteiger partial charge in [-0.05, 0) is 51.3 Å². The maximum atomic E-state index is 15.3. The molecular weight excluding hydrogens is 546 g/mol. The Morgan fingerprint density at radius 3 is 2.55 bits per heavy atom. The highest BCUT2D eigenvalue weighted by Gasteiger charge is 2.26. The largest absolute Gasteiger partial charge is 0.488 e. The Kier molecular flexibility index (Phi) is 8.76. The van der Waals surface area contributed by atoms with Crippen molar-refractivity contribution in [3.8, 4) is 5.75 Å². The van der Waals surface area contributed by atoms with Gasteiger partial charge in [0.15, 0.2) is 11.6 Å². The van der Waals surface area contributed by atoms with Crippen molar-refractivity contribution in [2.45, 2.75) is 45.3 Å². The molecule has 0 radical (unpaired) electrons. The van der Waals surface area contributed by atoms with Gasteiger partial charge in [-0.1, -0.05) is 0 Å². The Hall–Kier alpha value is -4.39. The van der Waals surface area contributed by atoms with Gasteiger partial charge in [-0.3, -0.25) is 4.79 Å². The molecule has 0 atom stereocenters. The number of piperidine rings is 1. The molecule has 11 nitrogen and oxygen atoms in total. The summed E-state index contributed by atoms with van der Waals surface area (Å²) >= 11 is 0. The first-order chi connectivity index (χ1) is 20.2. The molecule has 1 aliphatic heterocycles. The second-order valence-corrected chi connectivity index (χ2v) is 10.5. The van der Waals surface area contributed by atoms with Crippen LogP contribution in [-0.2, 0) is 0 Å². The summed E-state index contributed by atoms with van der Waals surface area (Å²) in [5.41, 5.74) is 0.627. The Morgan fingerprint density at radius 1 is 1.14 bits per heavy atom. The quantitative estimate of drug-likeness (QED) is 0.282. The van der Waals surface area contributed by atoms with Crippen molar-refractivity contribution < 1.29 is 23.4 Å². The number of benzene rings is 1. The molecule has 222 valence electrons. The van der Waals surface area contributed by atoms with Crippen LogP contribution in [0, 0.1) is 11.6 Å². The topological polar surface area (TPSA) is 122 Å². The summed E-state index contributed by atoms with van der Waals surface area (Å²) in [6.07, 6.45) is 7.98. The van der Waals surface area contributed by atoms with Crippen LogP contribution in [0.15, 0.2) is 43.1 Å². The SMILES string of the molecule is CC(C)Oc1cnc(N2CCC(n3cc(F)c4c(Nc5ccc(C(=O)N(C)CCCO)cc5F)ncnc43)CC2)nc1. The molecule has 5 rings (SSSR count). The second kappa shape index (κ2) is 12.6. The standard InChI is InChI=1S/C29H34F2N8O3/c1-18(2)42-21-14-32-29(33-15-21)38-10-7-20(8-11-38)39-16-23(31)25-26(34-17-35-27(25)39)36-24-6-5-19(13-22(24)30)28(41)37(3)9-4-12-40/h5-6,13-18,20,40H,4,7-12H2,1-3H3,(H,34,35,36). The van der Waals surface area contributed by atoms with Crippen molar-refractivity contribution >= 4 is 34.4 Å². The predicted molar refractivity (Wildman–Crippen MR) is 154 cm³/mol. The number of fused-ring (bicyclic) bond motifs is 1. The van der Waals surface area contributed by atoms with Gasteiger partial charge in [0.1, 0.15) is 23.6 Å². The van der Waals surface area contributed by atoms with Gasteiger partial charge in [-0.2, -0.15) is 0 Å². The van der Waals surface area contributed by atoms with E-state index < -0.39 is 11.6 Å². The van der Waals surface area contributed by atoms with Gasteiger partial charge >= 0.3 is 0 Å². The number of aliphatic hydroxyl groups is 1. The molecule has 1 fully saturated rings. The Balaban J connectivity index is 1.29. The minimum atomic E-state index is -0.679. The van der Waals surface area contributed by atoms with E-state index in [-0.39, 0.29) is 47.1 Å². The third kappa shape index (κ3) is 6.25. The molecule has 2 N–H and O–H groups in total. The van der Waals surface area contributed by atoms with Gasteiger partial charge < -0.3 is 29.5 Å². The molecule has 13 heteroatoms. The summed E-state index contributed by atoms with van der Waals surface area (Å²) < 4.78 is 37.8. The van der Waals surface area contributed by atoms with Crippen LogP contribution in [0.2, 0.25) is 0 Å². The molecular formula is C29H34F2N8O3. The summed E-state index contributed by atoms with van der Waals surface area (Å²) in [5.74, 6) is -0.194. The van der Waals surface area contributed by atoms with E-state index in [1.54, 1.807) is 19.4 Å². The molecule has 4 aromatic rings. The van der Waals surface area contributed by atoms with E-state index in [1.807, 2.05) is 18.4 Å². The number of nitrogens with zero attached hydrogens (tertiary/aromatic N) is 7. The first-order valence-corrected chi connectivity index (χ1v) is 13.9. The van der Waals surface area contributed by atoms with Gasteiger partial charge in [0.25, 0.3) is 5.91 Å². The zero-order chi connectivity index (χ0) is 29.8. The molecule has 0 bridgehead atoms. The van der Waals surface area contributed by atoms with Crippen molar-refractivity contribution in [2.75, 3.05) is 43.5 Å². The Bertz CT molecular complexity index is 1540. The van der Waals surface area contributed by atoms with Crippen LogP contribution < -0.4 is 15.0 Å². The minimum absolute atomic E-state index is 0.00981. The van der Waals surface area contributed by atoms with Crippen LogP contribution in [0.3, 0.4) is 0 Å². The highest BCUT2D eigenvalue weighted by molar-refractivity contribution is 5.95. The maximum absolute atomic E-state index is 15.3. The number of amides is 1. The van der Waals surface area contributed by atoms with Gasteiger partial charge in [0.2, 0.25) is 5.95 Å². The molecule has 0 saturated carbocycles. The third-order valence-electron chi connectivity index (χ3n) is 7.16. The summed E-state index contributed by atoms with van der Waals surface area (Å²) in [6, 6.07) is 4.03. The third-order valence-corrected chi connectivity index (χ3v) is 7.16. The first-order valence-electron chi connectivity index (χ1n) is 13.9. The number of hydrogen-bond donors (Lipinski definition) is 2. The minimum Gasteiger partial charge on any atom is -0.488 e. The zero-order valence-electron chi connectivity index (χ0n) is 23.8. The number of aliphatic hydroxyl groups excluding tert-OH is 1. The smallest absolute Gasteiger partial charge is 0.253 e. The number of anilines is 3. The lowest BCUT2D eigenvalue weighted by molar-refractivity contribution is 0.0786. The number of rotatable bonds is 10. The van der Waals surface area contributed by atoms with Crippen LogP contribution >= 0.6 is 0 Å². The van der Waals surface area contributed by atoms with Gasteiger partial charge in [-0.25, -0.2) is 28.7 Å². The van der Waals surface area contributed by atoms with E-state index in [4.69, 9.17) is 9.84 Å². The molecule has 1 amide bonds. The number of hydrogen-bond acceptors (Lipinski definition) is 9. The lowest BCUT2D eigenvalue weighted by atomic mass is 10.1. The van der Waals surface area contributed by atoms with Crippen LogP contribution in [0.25, 0.3) is 11.0 Å². The number of carbonyl (C=O) groups excluding carboxylic acids is 1. The van der Waals surface area contributed by atoms with E-state index in [0.717, 1.165) is 18.9 Å². The molecule has 1 saturated heterocycles. The lowest BCUT2D eigenvalue weighted by Crippen LogP contribution is -2.35. The number of nitrogens with one attached hydrogen (secondary N) is 1. The average molecular weight is 581 g/mol. The fourth-order valence-corrected chi connectivity index (χ4v) is 5.07. The van der Waals surface area contributed by atoms with E-state index in [0.29, 0.717) is 43.4 Å². The molecule has 1 aromatic carbocycles. The highest BCUT2D eigenvalue weighted by atomic mass is 19.1. The average Bonchev–Trinajstić information content (AvgIpc) is 3.33. The molecule has 42 heavy (non-hydrogen) atoms. The molecule has 0 unspecified atom stereocenters. The van der Waals surface area contributed by atoms with E-state index in [2.05, 4.69) is 30.2 Å². The lowest BCUT2D eigenvalue weighted by Gasteiger charge is -2.32. The maximum Gasteiger partial charge on any atom is 0.253 e. The number of aromatic nitrogens is 5. The monoisotopic (exact) mass is 580 g/mol. The van der Waals surface area contributed by atoms with Crippen LogP contribution in [0.5, 0.6) is 5.75 Å². The summed E-state index contributed by atoms with van der Waals surface area (Å²) in [5, 5.41) is 12.0. The van der Waals surface area contributed by atoms with Crippen molar-refractivity contribution in [1.29, 1.82) is 0 Å². The van der Waals surface area contributed by atoms with E-state index >= 15 is 8.78 Å². The van der Waals surface area contributed by atoms with Gasteiger partial charge in [0.05, 0.1) is 29.6 Å². The van der Waals surface area contributed by atoms with Crippen molar-refractivity contribution in [3.05, 3.63) is 60.3 Å². The number of carbonyl (C=O) groups is 1. The molecule has 3 aromatic heterocycles. The van der Waals surface area contributed by atoms with Crippen molar-refractivity contribution in [3.63, 3.8) is 0 Å². The first kappa shape index (κ1) is 29.1. The molecule has 1 aliphatic rings. The van der Waals surface area contributed by atoms with Crippen LogP contribution in [0.4, 0.5) is 26.2 Å².